The number of amides is 1. The van der Waals surface area contributed by atoms with Gasteiger partial charge in [-0.1, -0.05) is 13.3 Å². The van der Waals surface area contributed by atoms with E-state index in [0.29, 0.717) is 12.6 Å². The zero-order chi connectivity index (χ0) is 18.7. The van der Waals surface area contributed by atoms with E-state index in [2.05, 4.69) is 15.0 Å². The lowest BCUT2D eigenvalue weighted by molar-refractivity contribution is -0.137. The Bertz CT molecular complexity index is 789. The van der Waals surface area contributed by atoms with Crippen LogP contribution in [0.5, 0.6) is 0 Å². The first-order valence-corrected chi connectivity index (χ1v) is 9.16. The number of fused-ring (bicyclic) bond motifs is 1. The van der Waals surface area contributed by atoms with E-state index >= 15 is 0 Å². The van der Waals surface area contributed by atoms with Crippen molar-refractivity contribution in [3.8, 4) is 0 Å². The van der Waals surface area contributed by atoms with Crippen molar-refractivity contribution in [2.45, 2.75) is 43.7 Å². The van der Waals surface area contributed by atoms with Crippen molar-refractivity contribution < 1.29 is 26.4 Å². The fourth-order valence-electron chi connectivity index (χ4n) is 2.23. The Morgan fingerprint density at radius 2 is 2.04 bits per heavy atom. The van der Waals surface area contributed by atoms with Crippen molar-refractivity contribution in [1.82, 2.24) is 5.32 Å². The monoisotopic (exact) mass is 377 g/mol. The normalized spacial score (nSPS) is 15.8. The molecule has 0 bridgehead atoms. The number of nitrogens with zero attached hydrogens (tertiary/aromatic N) is 1. The van der Waals surface area contributed by atoms with Crippen LogP contribution in [0.2, 0.25) is 0 Å². The second kappa shape index (κ2) is 7.42. The Labute approximate surface area is 143 Å². The average Bonchev–Trinajstić information content (AvgIpc) is 2.51. The van der Waals surface area contributed by atoms with Crippen LogP contribution in [0.25, 0.3) is 0 Å². The van der Waals surface area contributed by atoms with Gasteiger partial charge in [0.1, 0.15) is 10.7 Å². The molecule has 1 heterocycles. The second-order valence-corrected chi connectivity index (χ2v) is 7.12. The lowest BCUT2D eigenvalue weighted by Gasteiger charge is -2.19. The van der Waals surface area contributed by atoms with Gasteiger partial charge in [0.2, 0.25) is 5.91 Å². The fraction of sp³-hybridized carbons (Fsp3) is 0.467. The van der Waals surface area contributed by atoms with E-state index in [0.717, 1.165) is 25.0 Å². The van der Waals surface area contributed by atoms with E-state index in [-0.39, 0.29) is 35.2 Å². The Morgan fingerprint density at radius 1 is 1.32 bits per heavy atom. The number of alkyl halides is 3. The van der Waals surface area contributed by atoms with E-state index in [1.54, 1.807) is 0 Å². The number of hydrogen-bond donors (Lipinski definition) is 2. The summed E-state index contributed by atoms with van der Waals surface area (Å²) in [7, 11) is -4.10. The maximum absolute atomic E-state index is 12.8. The molecule has 0 saturated heterocycles. The van der Waals surface area contributed by atoms with E-state index in [4.69, 9.17) is 0 Å². The largest absolute Gasteiger partial charge is 0.416 e. The quantitative estimate of drug-likeness (QED) is 0.746. The summed E-state index contributed by atoms with van der Waals surface area (Å²) in [5, 5.41) is 5.25. The Balaban J connectivity index is 2.12. The molecule has 10 heteroatoms. The molecule has 2 rings (SSSR count). The molecule has 0 aromatic heterocycles. The van der Waals surface area contributed by atoms with Gasteiger partial charge in [0.15, 0.2) is 0 Å². The smallest absolute Gasteiger partial charge is 0.356 e. The van der Waals surface area contributed by atoms with Crippen molar-refractivity contribution >= 4 is 27.5 Å². The third-order valence-corrected chi connectivity index (χ3v) is 4.91. The summed E-state index contributed by atoms with van der Waals surface area (Å²) in [6.45, 7) is 2.50. The number of nitrogens with one attached hydrogen (secondary N) is 2. The number of hydrogen-bond acceptors (Lipinski definition) is 4. The molecule has 0 unspecified atom stereocenters. The molecule has 1 aromatic rings. The fourth-order valence-corrected chi connectivity index (χ4v) is 3.39. The Kier molecular flexibility index (Phi) is 5.71. The highest BCUT2D eigenvalue weighted by Crippen LogP contribution is 2.35. The molecular formula is C15H18F3N3O3S. The van der Waals surface area contributed by atoms with Crippen molar-refractivity contribution in [2.24, 2.45) is 4.40 Å². The van der Waals surface area contributed by atoms with E-state index in [9.17, 15) is 26.4 Å². The molecule has 0 spiro atoms. The number of carbonyl (C=O) groups excluding carboxylic acids is 1. The average molecular weight is 377 g/mol. The highest BCUT2D eigenvalue weighted by atomic mass is 32.2. The number of rotatable bonds is 6. The molecule has 0 atom stereocenters. The van der Waals surface area contributed by atoms with Crippen LogP contribution in [-0.2, 0) is 21.0 Å². The van der Waals surface area contributed by atoms with Crippen LogP contribution in [0.1, 0.15) is 38.2 Å². The maximum Gasteiger partial charge on any atom is 0.416 e. The van der Waals surface area contributed by atoms with Gasteiger partial charge >= 0.3 is 6.18 Å². The highest BCUT2D eigenvalue weighted by molar-refractivity contribution is 7.90. The molecule has 25 heavy (non-hydrogen) atoms. The molecule has 1 aromatic carbocycles. The van der Waals surface area contributed by atoms with Crippen molar-refractivity contribution in [1.29, 1.82) is 0 Å². The second-order valence-electron chi connectivity index (χ2n) is 5.55. The lowest BCUT2D eigenvalue weighted by Crippen LogP contribution is -2.27. The summed E-state index contributed by atoms with van der Waals surface area (Å²) in [6, 6.07) is 2.29. The standard InChI is InChI=1S/C15H18F3N3O3S/c1-2-3-8-19-14(22)7-6-13-20-11-9-10(15(16,17)18)4-5-12(11)25(23,24)21-13/h4-5,9H,2-3,6-8H2,1H3,(H,19,22)(H,20,21). The van der Waals surface area contributed by atoms with E-state index in [1.165, 1.54) is 0 Å². The van der Waals surface area contributed by atoms with Gasteiger partial charge in [-0.15, -0.1) is 4.40 Å². The third kappa shape index (κ3) is 4.94. The zero-order valence-electron chi connectivity index (χ0n) is 13.5. The first-order chi connectivity index (χ1) is 11.6. The topological polar surface area (TPSA) is 87.6 Å². The molecule has 0 radical (unpaired) electrons. The highest BCUT2D eigenvalue weighted by Gasteiger charge is 2.33. The van der Waals surface area contributed by atoms with Gasteiger partial charge < -0.3 is 10.6 Å². The molecule has 0 aliphatic carbocycles. The minimum atomic E-state index is -4.59. The van der Waals surface area contributed by atoms with Gasteiger partial charge in [0.25, 0.3) is 10.0 Å². The molecule has 2 N–H and O–H groups in total. The van der Waals surface area contributed by atoms with E-state index in [1.807, 2.05) is 6.92 Å². The molecule has 1 amide bonds. The molecule has 1 aliphatic heterocycles. The van der Waals surface area contributed by atoms with Crippen molar-refractivity contribution in [2.75, 3.05) is 11.9 Å². The predicted octanol–water partition coefficient (Wildman–Crippen LogP) is 2.91. The number of unbranched alkanes of at least 4 members (excludes halogenated alkanes) is 1. The van der Waals surface area contributed by atoms with Crippen LogP contribution < -0.4 is 10.6 Å². The SMILES string of the molecule is CCCCNC(=O)CCC1=NS(=O)(=O)c2ccc(C(F)(F)F)cc2N1. The van der Waals surface area contributed by atoms with Crippen molar-refractivity contribution in [3.63, 3.8) is 0 Å². The van der Waals surface area contributed by atoms with Gasteiger partial charge in [-0.05, 0) is 24.6 Å². The number of anilines is 1. The number of carbonyl (C=O) groups is 1. The summed E-state index contributed by atoms with van der Waals surface area (Å²) in [6.07, 6.45) is -2.88. The third-order valence-electron chi connectivity index (χ3n) is 3.54. The van der Waals surface area contributed by atoms with Gasteiger partial charge in [-0.25, -0.2) is 0 Å². The van der Waals surface area contributed by atoms with Gasteiger partial charge in [0.05, 0.1) is 11.3 Å². The van der Waals surface area contributed by atoms with Gasteiger partial charge in [-0.3, -0.25) is 4.79 Å². The Morgan fingerprint density at radius 3 is 2.68 bits per heavy atom. The maximum atomic E-state index is 12.8. The predicted molar refractivity (Wildman–Crippen MR) is 86.8 cm³/mol. The van der Waals surface area contributed by atoms with Crippen LogP contribution in [0.4, 0.5) is 18.9 Å². The minimum Gasteiger partial charge on any atom is -0.356 e. The number of amidine groups is 1. The van der Waals surface area contributed by atoms with Crippen LogP contribution in [0.15, 0.2) is 27.5 Å². The van der Waals surface area contributed by atoms with Crippen molar-refractivity contribution in [3.05, 3.63) is 23.8 Å². The number of halogens is 3. The molecule has 6 nitrogen and oxygen atoms in total. The van der Waals surface area contributed by atoms with E-state index < -0.39 is 21.8 Å². The molecule has 0 saturated carbocycles. The first-order valence-electron chi connectivity index (χ1n) is 7.72. The molecular weight excluding hydrogens is 359 g/mol. The zero-order valence-corrected chi connectivity index (χ0v) is 14.3. The summed E-state index contributed by atoms with van der Waals surface area (Å²) in [5.41, 5.74) is -1.15. The number of sulfonamides is 1. The summed E-state index contributed by atoms with van der Waals surface area (Å²) < 4.78 is 66.1. The van der Waals surface area contributed by atoms with Crippen LogP contribution in [-0.4, -0.2) is 26.7 Å². The van der Waals surface area contributed by atoms with Gasteiger partial charge in [0, 0.05) is 19.4 Å². The minimum absolute atomic E-state index is 0.0145. The van der Waals surface area contributed by atoms with Crippen LogP contribution in [0, 0.1) is 0 Å². The Hall–Kier alpha value is -2.10. The summed E-state index contributed by atoms with van der Waals surface area (Å²) in [5.74, 6) is -0.331. The summed E-state index contributed by atoms with van der Waals surface area (Å²) in [4.78, 5) is 11.3. The first kappa shape index (κ1) is 19.2. The number of benzene rings is 1. The van der Waals surface area contributed by atoms with Gasteiger partial charge in [-0.2, -0.15) is 21.6 Å². The lowest BCUT2D eigenvalue weighted by atomic mass is 10.2. The molecule has 0 fully saturated rings. The van der Waals surface area contributed by atoms with Crippen LogP contribution >= 0.6 is 0 Å². The molecule has 138 valence electrons. The molecule has 1 aliphatic rings. The van der Waals surface area contributed by atoms with Crippen LogP contribution in [0.3, 0.4) is 0 Å². The summed E-state index contributed by atoms with van der Waals surface area (Å²) >= 11 is 0.